The first kappa shape index (κ1) is 19.6. The zero-order valence-electron chi connectivity index (χ0n) is 15.1. The maximum Gasteiger partial charge on any atom is 0.374 e. The Morgan fingerprint density at radius 3 is 2.45 bits per heavy atom. The molecule has 0 radical (unpaired) electrons. The maximum absolute atomic E-state index is 12.9. The Labute approximate surface area is 165 Å². The highest BCUT2D eigenvalue weighted by atomic mass is 19.1. The van der Waals surface area contributed by atoms with Crippen LogP contribution in [0.25, 0.3) is 0 Å². The Kier molecular flexibility index (Phi) is 6.22. The molecule has 0 unspecified atom stereocenters. The quantitative estimate of drug-likeness (QED) is 0.614. The molecule has 1 N–H and O–H groups in total. The van der Waals surface area contributed by atoms with E-state index < -0.39 is 18.5 Å². The van der Waals surface area contributed by atoms with E-state index in [2.05, 4.69) is 5.32 Å². The Balaban J connectivity index is 1.46. The first-order valence-electron chi connectivity index (χ1n) is 8.48. The average Bonchev–Trinajstić information content (AvgIpc) is 3.21. The zero-order chi connectivity index (χ0) is 20.6. The number of furan rings is 1. The summed E-state index contributed by atoms with van der Waals surface area (Å²) in [6, 6.07) is 16.6. The largest absolute Gasteiger partial charge is 0.486 e. The Morgan fingerprint density at radius 2 is 1.76 bits per heavy atom. The van der Waals surface area contributed by atoms with E-state index in [9.17, 15) is 14.0 Å². The monoisotopic (exact) mass is 394 g/mol. The minimum atomic E-state index is -0.798. The second-order valence-corrected chi connectivity index (χ2v) is 5.82. The molecule has 1 heterocycles. The molecular weight excluding hydrogens is 379 g/mol. The number of nitrogens with one attached hydrogen (secondary N) is 1. The van der Waals surface area contributed by atoms with Gasteiger partial charge in [-0.15, -0.1) is 0 Å². The van der Waals surface area contributed by atoms with Gasteiger partial charge in [-0.3, -0.25) is 4.79 Å². The van der Waals surface area contributed by atoms with Crippen LogP contribution >= 0.6 is 0 Å². The number of amides is 1. The van der Waals surface area contributed by atoms with E-state index in [-0.39, 0.29) is 18.2 Å². The molecule has 29 heavy (non-hydrogen) atoms. The highest BCUT2D eigenvalue weighted by Gasteiger charge is 2.15. The van der Waals surface area contributed by atoms with E-state index in [1.165, 1.54) is 36.4 Å². The highest BCUT2D eigenvalue weighted by Crippen LogP contribution is 2.16. The number of benzene rings is 2. The molecule has 0 aliphatic carbocycles. The lowest BCUT2D eigenvalue weighted by Crippen LogP contribution is -2.20. The molecule has 0 aliphatic heterocycles. The summed E-state index contributed by atoms with van der Waals surface area (Å²) in [5.41, 5.74) is 0.940. The minimum absolute atomic E-state index is 0.0398. The van der Waals surface area contributed by atoms with Crippen LogP contribution in [0.3, 0.4) is 0 Å². The van der Waals surface area contributed by atoms with Gasteiger partial charge in [0.05, 0.1) is 11.6 Å². The van der Waals surface area contributed by atoms with E-state index in [0.29, 0.717) is 22.8 Å². The van der Waals surface area contributed by atoms with Crippen LogP contribution in [0.4, 0.5) is 10.1 Å². The smallest absolute Gasteiger partial charge is 0.374 e. The second kappa shape index (κ2) is 9.19. The van der Waals surface area contributed by atoms with Crippen LogP contribution in [0.15, 0.2) is 65.1 Å². The van der Waals surface area contributed by atoms with Crippen molar-refractivity contribution < 1.29 is 27.9 Å². The van der Waals surface area contributed by atoms with Crippen molar-refractivity contribution >= 4 is 17.6 Å². The summed E-state index contributed by atoms with van der Waals surface area (Å²) in [4.78, 5) is 23.9. The second-order valence-electron chi connectivity index (χ2n) is 5.82. The molecule has 0 saturated heterocycles. The molecule has 7 nitrogen and oxygen atoms in total. The fraction of sp³-hybridized carbons (Fsp3) is 0.0952. The van der Waals surface area contributed by atoms with Crippen LogP contribution in [0.2, 0.25) is 0 Å². The van der Waals surface area contributed by atoms with Crippen LogP contribution in [0.1, 0.15) is 21.9 Å². The third-order valence-corrected chi connectivity index (χ3v) is 3.69. The van der Waals surface area contributed by atoms with Crippen molar-refractivity contribution in [2.75, 3.05) is 11.9 Å². The van der Waals surface area contributed by atoms with Crippen molar-refractivity contribution in [1.82, 2.24) is 0 Å². The number of nitriles is 1. The highest BCUT2D eigenvalue weighted by molar-refractivity contribution is 5.94. The average molecular weight is 394 g/mol. The van der Waals surface area contributed by atoms with Crippen molar-refractivity contribution in [3.05, 3.63) is 83.6 Å². The fourth-order valence-electron chi connectivity index (χ4n) is 2.28. The molecule has 0 aliphatic rings. The minimum Gasteiger partial charge on any atom is -0.486 e. The molecule has 0 bridgehead atoms. The van der Waals surface area contributed by atoms with Crippen molar-refractivity contribution in [2.45, 2.75) is 6.61 Å². The number of esters is 1. The predicted molar refractivity (Wildman–Crippen MR) is 99.5 cm³/mol. The molecule has 2 aromatic carbocycles. The van der Waals surface area contributed by atoms with Gasteiger partial charge in [-0.1, -0.05) is 0 Å². The van der Waals surface area contributed by atoms with Gasteiger partial charge in [0.15, 0.2) is 6.61 Å². The van der Waals surface area contributed by atoms with Crippen LogP contribution in [-0.4, -0.2) is 18.5 Å². The summed E-state index contributed by atoms with van der Waals surface area (Å²) in [6.45, 7) is -0.459. The Morgan fingerprint density at radius 1 is 1.03 bits per heavy atom. The van der Waals surface area contributed by atoms with Crippen molar-refractivity contribution in [3.8, 4) is 11.8 Å². The number of rotatable bonds is 7. The third kappa shape index (κ3) is 5.68. The van der Waals surface area contributed by atoms with Gasteiger partial charge in [0.25, 0.3) is 5.91 Å². The van der Waals surface area contributed by atoms with Gasteiger partial charge in [-0.05, 0) is 60.7 Å². The zero-order valence-corrected chi connectivity index (χ0v) is 15.1. The summed E-state index contributed by atoms with van der Waals surface area (Å²) in [5.74, 6) is -0.963. The maximum atomic E-state index is 12.9. The van der Waals surface area contributed by atoms with Crippen LogP contribution < -0.4 is 10.1 Å². The van der Waals surface area contributed by atoms with Crippen molar-refractivity contribution in [3.63, 3.8) is 0 Å². The SMILES string of the molecule is N#Cc1ccc(NC(=O)COC(=O)c2ccc(COc3ccc(F)cc3)o2)cc1. The molecule has 0 atom stereocenters. The number of nitrogens with zero attached hydrogens (tertiary/aromatic N) is 1. The molecule has 146 valence electrons. The Bertz CT molecular complexity index is 1040. The normalized spacial score (nSPS) is 10.1. The number of carbonyl (C=O) groups excluding carboxylic acids is 2. The number of ether oxygens (including phenoxy) is 2. The van der Waals surface area contributed by atoms with Crippen LogP contribution in [-0.2, 0) is 16.1 Å². The van der Waals surface area contributed by atoms with E-state index in [1.54, 1.807) is 24.3 Å². The van der Waals surface area contributed by atoms with Crippen molar-refractivity contribution in [1.29, 1.82) is 5.26 Å². The third-order valence-electron chi connectivity index (χ3n) is 3.69. The molecule has 0 fully saturated rings. The molecule has 1 amide bonds. The van der Waals surface area contributed by atoms with E-state index in [0.717, 1.165) is 0 Å². The van der Waals surface area contributed by atoms with Crippen LogP contribution in [0.5, 0.6) is 5.75 Å². The molecular formula is C21H15FN2O5. The lowest BCUT2D eigenvalue weighted by atomic mass is 10.2. The summed E-state index contributed by atoms with van der Waals surface area (Å²) in [6.07, 6.45) is 0. The summed E-state index contributed by atoms with van der Waals surface area (Å²) in [7, 11) is 0. The molecule has 3 aromatic rings. The first-order valence-corrected chi connectivity index (χ1v) is 8.48. The summed E-state index contributed by atoms with van der Waals surface area (Å²) < 4.78 is 28.5. The van der Waals surface area contributed by atoms with E-state index in [1.807, 2.05) is 6.07 Å². The van der Waals surface area contributed by atoms with Crippen molar-refractivity contribution in [2.24, 2.45) is 0 Å². The Hall–Kier alpha value is -4.12. The number of halogens is 1. The van der Waals surface area contributed by atoms with Gasteiger partial charge in [0, 0.05) is 5.69 Å². The molecule has 0 spiro atoms. The van der Waals surface area contributed by atoms with Crippen LogP contribution in [0, 0.1) is 17.1 Å². The first-order chi connectivity index (χ1) is 14.0. The van der Waals surface area contributed by atoms with Gasteiger partial charge in [-0.25, -0.2) is 9.18 Å². The summed E-state index contributed by atoms with van der Waals surface area (Å²) in [5, 5.41) is 11.3. The topological polar surface area (TPSA) is 102 Å². The predicted octanol–water partition coefficient (Wildman–Crippen LogP) is 3.66. The number of hydrogen-bond donors (Lipinski definition) is 1. The number of carbonyl (C=O) groups is 2. The van der Waals surface area contributed by atoms with Gasteiger partial charge in [0.1, 0.15) is 23.9 Å². The number of hydrogen-bond acceptors (Lipinski definition) is 6. The van der Waals surface area contributed by atoms with Gasteiger partial charge in [-0.2, -0.15) is 5.26 Å². The lowest BCUT2D eigenvalue weighted by molar-refractivity contribution is -0.119. The molecule has 8 heteroatoms. The number of anilines is 1. The molecule has 3 rings (SSSR count). The van der Waals surface area contributed by atoms with Gasteiger partial charge >= 0.3 is 5.97 Å². The standard InChI is InChI=1S/C21H15FN2O5/c22-15-3-7-17(8-4-15)27-12-18-9-10-19(29-18)21(26)28-13-20(25)24-16-5-1-14(11-23)2-6-16/h1-10H,12-13H2,(H,24,25). The van der Waals surface area contributed by atoms with E-state index in [4.69, 9.17) is 19.2 Å². The fourth-order valence-corrected chi connectivity index (χ4v) is 2.28. The summed E-state index contributed by atoms with van der Waals surface area (Å²) >= 11 is 0. The van der Waals surface area contributed by atoms with E-state index >= 15 is 0 Å². The molecule has 0 saturated carbocycles. The van der Waals surface area contributed by atoms with Gasteiger partial charge < -0.3 is 19.2 Å². The molecule has 1 aromatic heterocycles. The lowest BCUT2D eigenvalue weighted by Gasteiger charge is -2.06. The van der Waals surface area contributed by atoms with Gasteiger partial charge in [0.2, 0.25) is 5.76 Å².